The molecule has 3 aromatic rings. The summed E-state index contributed by atoms with van der Waals surface area (Å²) in [4.78, 5) is 23.4. The molecule has 8 heteroatoms. The molecule has 0 saturated carbocycles. The monoisotopic (exact) mass is 466 g/mol. The molecule has 0 atom stereocenters. The number of aryl methyl sites for hydroxylation is 1. The summed E-state index contributed by atoms with van der Waals surface area (Å²) in [6, 6.07) is 8.94. The molecule has 0 bridgehead atoms. The summed E-state index contributed by atoms with van der Waals surface area (Å²) in [5.41, 5.74) is 3.47. The van der Waals surface area contributed by atoms with E-state index in [2.05, 4.69) is 15.3 Å². The van der Waals surface area contributed by atoms with Crippen molar-refractivity contribution in [3.05, 3.63) is 58.9 Å². The molecule has 178 valence electrons. The number of piperidine rings is 1. The van der Waals surface area contributed by atoms with Gasteiger partial charge in [-0.1, -0.05) is 12.1 Å². The molecule has 34 heavy (non-hydrogen) atoms. The molecule has 0 radical (unpaired) electrons. The molecule has 0 unspecified atom stereocenters. The lowest BCUT2D eigenvalue weighted by Crippen LogP contribution is -2.29. The van der Waals surface area contributed by atoms with Crippen molar-refractivity contribution in [2.45, 2.75) is 45.0 Å². The SMILES string of the molecule is CCOC(=O)c1ccc2ccnc(N3CCCc4cc(C5CCNCC5)c(C(F)F)cc43)c2n1. The third kappa shape index (κ3) is 4.22. The number of rotatable bonds is 5. The van der Waals surface area contributed by atoms with Crippen LogP contribution in [-0.2, 0) is 11.2 Å². The summed E-state index contributed by atoms with van der Waals surface area (Å²) < 4.78 is 33.6. The van der Waals surface area contributed by atoms with Gasteiger partial charge in [0.15, 0.2) is 5.82 Å². The molecular formula is C26H28F2N4O2. The van der Waals surface area contributed by atoms with Crippen molar-refractivity contribution in [3.8, 4) is 0 Å². The van der Waals surface area contributed by atoms with E-state index in [1.54, 1.807) is 25.3 Å². The fourth-order valence-corrected chi connectivity index (χ4v) is 5.11. The van der Waals surface area contributed by atoms with E-state index in [0.29, 0.717) is 17.9 Å². The van der Waals surface area contributed by atoms with Gasteiger partial charge in [0, 0.05) is 29.4 Å². The zero-order valence-corrected chi connectivity index (χ0v) is 19.2. The minimum Gasteiger partial charge on any atom is -0.461 e. The van der Waals surface area contributed by atoms with Gasteiger partial charge in [-0.05, 0) is 80.9 Å². The highest BCUT2D eigenvalue weighted by atomic mass is 19.3. The number of anilines is 2. The number of fused-ring (bicyclic) bond motifs is 2. The van der Waals surface area contributed by atoms with Gasteiger partial charge in [-0.3, -0.25) is 0 Å². The van der Waals surface area contributed by atoms with Crippen molar-refractivity contribution in [2.75, 3.05) is 31.1 Å². The molecule has 1 aromatic carbocycles. The van der Waals surface area contributed by atoms with Crippen LogP contribution in [0.1, 0.15) is 65.7 Å². The highest BCUT2D eigenvalue weighted by Gasteiger charge is 2.29. The van der Waals surface area contributed by atoms with Gasteiger partial charge in [-0.15, -0.1) is 0 Å². The number of carbonyl (C=O) groups excluding carboxylic acids is 1. The van der Waals surface area contributed by atoms with Crippen LogP contribution in [0.4, 0.5) is 20.3 Å². The second-order valence-electron chi connectivity index (χ2n) is 8.81. The van der Waals surface area contributed by atoms with E-state index in [-0.39, 0.29) is 23.8 Å². The number of nitrogens with one attached hydrogen (secondary N) is 1. The smallest absolute Gasteiger partial charge is 0.356 e. The van der Waals surface area contributed by atoms with Gasteiger partial charge < -0.3 is 15.0 Å². The van der Waals surface area contributed by atoms with E-state index >= 15 is 0 Å². The molecule has 0 amide bonds. The molecule has 1 fully saturated rings. The first-order chi connectivity index (χ1) is 16.6. The molecule has 0 spiro atoms. The van der Waals surface area contributed by atoms with Gasteiger partial charge in [-0.25, -0.2) is 23.5 Å². The van der Waals surface area contributed by atoms with Gasteiger partial charge in [-0.2, -0.15) is 0 Å². The van der Waals surface area contributed by atoms with Gasteiger partial charge in [0.2, 0.25) is 0 Å². The van der Waals surface area contributed by atoms with Crippen LogP contribution >= 0.6 is 0 Å². The number of esters is 1. The van der Waals surface area contributed by atoms with Crippen LogP contribution in [0.2, 0.25) is 0 Å². The van der Waals surface area contributed by atoms with Crippen LogP contribution in [0.5, 0.6) is 0 Å². The maximum atomic E-state index is 14.2. The van der Waals surface area contributed by atoms with Crippen molar-refractivity contribution >= 4 is 28.4 Å². The van der Waals surface area contributed by atoms with Gasteiger partial charge in [0.1, 0.15) is 11.2 Å². The fourth-order valence-electron chi connectivity index (χ4n) is 5.11. The van der Waals surface area contributed by atoms with Crippen molar-refractivity contribution < 1.29 is 18.3 Å². The normalized spacial score (nSPS) is 16.6. The fraction of sp³-hybridized carbons (Fsp3) is 0.423. The standard InChI is InChI=1S/C26H28F2N4O2/c1-2-34-26(33)21-6-5-17-9-12-30-25(23(17)31-21)32-13-3-4-18-14-19(16-7-10-29-11-8-16)20(24(27)28)15-22(18)32/h5-6,9,12,14-16,24,29H,2-4,7-8,10-11,13H2,1H3. The van der Waals surface area contributed by atoms with E-state index in [0.717, 1.165) is 61.0 Å². The Labute approximate surface area is 197 Å². The van der Waals surface area contributed by atoms with Crippen LogP contribution in [0.15, 0.2) is 36.5 Å². The summed E-state index contributed by atoms with van der Waals surface area (Å²) in [7, 11) is 0. The number of benzene rings is 1. The quantitative estimate of drug-likeness (QED) is 0.515. The largest absolute Gasteiger partial charge is 0.461 e. The van der Waals surface area contributed by atoms with Crippen molar-refractivity contribution in [3.63, 3.8) is 0 Å². The molecule has 6 nitrogen and oxygen atoms in total. The molecule has 1 saturated heterocycles. The van der Waals surface area contributed by atoms with Crippen molar-refractivity contribution in [1.82, 2.24) is 15.3 Å². The molecule has 4 heterocycles. The van der Waals surface area contributed by atoms with E-state index in [4.69, 9.17) is 4.74 Å². The molecule has 0 aliphatic carbocycles. The predicted octanol–water partition coefficient (Wildman–Crippen LogP) is 5.30. The van der Waals surface area contributed by atoms with Crippen molar-refractivity contribution in [2.24, 2.45) is 0 Å². The second-order valence-corrected chi connectivity index (χ2v) is 8.81. The zero-order valence-electron chi connectivity index (χ0n) is 19.2. The Kier molecular flexibility index (Phi) is 6.41. The minimum absolute atomic E-state index is 0.109. The zero-order chi connectivity index (χ0) is 23.7. The minimum atomic E-state index is -2.55. The number of pyridine rings is 2. The summed E-state index contributed by atoms with van der Waals surface area (Å²) in [5, 5.41) is 4.14. The van der Waals surface area contributed by atoms with E-state index in [1.165, 1.54) is 0 Å². The van der Waals surface area contributed by atoms with Gasteiger partial charge >= 0.3 is 5.97 Å². The Morgan fingerprint density at radius 1 is 1.24 bits per heavy atom. The topological polar surface area (TPSA) is 67.3 Å². The van der Waals surface area contributed by atoms with E-state index in [9.17, 15) is 13.6 Å². The number of hydrogen-bond acceptors (Lipinski definition) is 6. The van der Waals surface area contributed by atoms with E-state index < -0.39 is 12.4 Å². The summed E-state index contributed by atoms with van der Waals surface area (Å²) in [5.74, 6) is 0.222. The summed E-state index contributed by atoms with van der Waals surface area (Å²) >= 11 is 0. The maximum absolute atomic E-state index is 14.2. The first kappa shape index (κ1) is 22.7. The summed E-state index contributed by atoms with van der Waals surface area (Å²) in [6.07, 6.45) is 2.59. The average Bonchev–Trinajstić information content (AvgIpc) is 2.87. The summed E-state index contributed by atoms with van der Waals surface area (Å²) in [6.45, 7) is 4.35. The lowest BCUT2D eigenvalue weighted by molar-refractivity contribution is 0.0520. The number of halogens is 2. The van der Waals surface area contributed by atoms with Crippen LogP contribution in [0.3, 0.4) is 0 Å². The molecule has 2 aliphatic rings. The maximum Gasteiger partial charge on any atom is 0.356 e. The predicted molar refractivity (Wildman–Crippen MR) is 127 cm³/mol. The van der Waals surface area contributed by atoms with Gasteiger partial charge in [0.25, 0.3) is 6.43 Å². The Morgan fingerprint density at radius 2 is 2.06 bits per heavy atom. The lowest BCUT2D eigenvalue weighted by atomic mass is 9.84. The number of aromatic nitrogens is 2. The van der Waals surface area contributed by atoms with Gasteiger partial charge in [0.05, 0.1) is 6.61 Å². The first-order valence-electron chi connectivity index (χ1n) is 11.9. The number of nitrogens with zero attached hydrogens (tertiary/aromatic N) is 3. The highest BCUT2D eigenvalue weighted by molar-refractivity contribution is 5.95. The van der Waals surface area contributed by atoms with Crippen LogP contribution < -0.4 is 10.2 Å². The lowest BCUT2D eigenvalue weighted by Gasteiger charge is -2.33. The third-order valence-electron chi connectivity index (χ3n) is 6.75. The molecular weight excluding hydrogens is 438 g/mol. The Morgan fingerprint density at radius 3 is 2.82 bits per heavy atom. The number of alkyl halides is 2. The average molecular weight is 467 g/mol. The van der Waals surface area contributed by atoms with Crippen molar-refractivity contribution in [1.29, 1.82) is 0 Å². The van der Waals surface area contributed by atoms with Crippen LogP contribution in [0, 0.1) is 0 Å². The number of carbonyl (C=O) groups is 1. The van der Waals surface area contributed by atoms with Crippen LogP contribution in [-0.4, -0.2) is 42.2 Å². The van der Waals surface area contributed by atoms with E-state index in [1.807, 2.05) is 23.1 Å². The number of ether oxygens (including phenoxy) is 1. The third-order valence-corrected chi connectivity index (χ3v) is 6.75. The highest BCUT2D eigenvalue weighted by Crippen LogP contribution is 2.42. The molecule has 1 N–H and O–H groups in total. The Bertz CT molecular complexity index is 1210. The Hall–Kier alpha value is -3.13. The molecule has 5 rings (SSSR count). The van der Waals surface area contributed by atoms with Crippen LogP contribution in [0.25, 0.3) is 10.9 Å². The first-order valence-corrected chi connectivity index (χ1v) is 11.9. The second kappa shape index (κ2) is 9.62. The molecule has 2 aliphatic heterocycles. The number of hydrogen-bond donors (Lipinski definition) is 1. The Balaban J connectivity index is 1.61. The molecule has 2 aromatic heterocycles.